The highest BCUT2D eigenvalue weighted by atomic mass is 35.5. The number of hydrogen-bond acceptors (Lipinski definition) is 4. The Morgan fingerprint density at radius 1 is 1.41 bits per heavy atom. The summed E-state index contributed by atoms with van der Waals surface area (Å²) in [4.78, 5) is 9.92. The van der Waals surface area contributed by atoms with Crippen LogP contribution >= 0.6 is 11.6 Å². The molecule has 0 aliphatic heterocycles. The van der Waals surface area contributed by atoms with Gasteiger partial charge in [-0.2, -0.15) is 12.7 Å². The zero-order valence-corrected chi connectivity index (χ0v) is 10.6. The maximum Gasteiger partial charge on any atom is 0.301 e. The van der Waals surface area contributed by atoms with Crippen LogP contribution in [0.15, 0.2) is 18.2 Å². The van der Waals surface area contributed by atoms with Crippen LogP contribution < -0.4 is 4.72 Å². The van der Waals surface area contributed by atoms with E-state index >= 15 is 0 Å². The van der Waals surface area contributed by atoms with Crippen LogP contribution in [0.3, 0.4) is 0 Å². The number of hydrogen-bond donors (Lipinski definition) is 1. The maximum absolute atomic E-state index is 11.5. The molecule has 0 heterocycles. The zero-order chi connectivity index (χ0) is 13.2. The second kappa shape index (κ2) is 4.86. The topological polar surface area (TPSA) is 92.6 Å². The van der Waals surface area contributed by atoms with Crippen LogP contribution in [-0.4, -0.2) is 31.7 Å². The van der Waals surface area contributed by atoms with Gasteiger partial charge in [-0.3, -0.25) is 14.8 Å². The summed E-state index contributed by atoms with van der Waals surface area (Å²) in [5.74, 6) is 0. The number of nitro benzene ring substituents is 1. The molecule has 17 heavy (non-hydrogen) atoms. The molecule has 0 aromatic heterocycles. The zero-order valence-electron chi connectivity index (χ0n) is 9.05. The average molecular weight is 280 g/mol. The summed E-state index contributed by atoms with van der Waals surface area (Å²) in [6.07, 6.45) is 0. The van der Waals surface area contributed by atoms with Gasteiger partial charge in [0.15, 0.2) is 0 Å². The second-order valence-corrected chi connectivity index (χ2v) is 5.60. The summed E-state index contributed by atoms with van der Waals surface area (Å²) >= 11 is 5.60. The van der Waals surface area contributed by atoms with Gasteiger partial charge in [0.2, 0.25) is 0 Å². The second-order valence-electron chi connectivity index (χ2n) is 3.31. The van der Waals surface area contributed by atoms with Crippen molar-refractivity contribution in [3.63, 3.8) is 0 Å². The first kappa shape index (κ1) is 13.7. The van der Waals surface area contributed by atoms with Gasteiger partial charge < -0.3 is 0 Å². The first-order chi connectivity index (χ1) is 7.74. The molecule has 0 amide bonds. The van der Waals surface area contributed by atoms with Crippen molar-refractivity contribution < 1.29 is 13.3 Å². The van der Waals surface area contributed by atoms with Gasteiger partial charge in [-0.05, 0) is 12.1 Å². The first-order valence-electron chi connectivity index (χ1n) is 4.38. The van der Waals surface area contributed by atoms with Crippen molar-refractivity contribution in [2.45, 2.75) is 0 Å². The van der Waals surface area contributed by atoms with E-state index in [0.29, 0.717) is 0 Å². The van der Waals surface area contributed by atoms with Crippen LogP contribution in [0.1, 0.15) is 0 Å². The lowest BCUT2D eigenvalue weighted by Crippen LogP contribution is -2.28. The molecular formula is C8H10ClN3O4S. The summed E-state index contributed by atoms with van der Waals surface area (Å²) in [5.41, 5.74) is -0.277. The first-order valence-corrected chi connectivity index (χ1v) is 6.20. The third-order valence-corrected chi connectivity index (χ3v) is 3.65. The van der Waals surface area contributed by atoms with Gasteiger partial charge in [-0.25, -0.2) is 0 Å². The molecule has 1 aromatic carbocycles. The van der Waals surface area contributed by atoms with Gasteiger partial charge in [0.1, 0.15) is 5.02 Å². The molecule has 0 unspecified atom stereocenters. The minimum atomic E-state index is -3.69. The van der Waals surface area contributed by atoms with Crippen LogP contribution in [-0.2, 0) is 10.2 Å². The fraction of sp³-hybridized carbons (Fsp3) is 0.250. The number of rotatable bonds is 4. The molecule has 0 aliphatic rings. The van der Waals surface area contributed by atoms with Gasteiger partial charge in [0.05, 0.1) is 10.6 Å². The van der Waals surface area contributed by atoms with E-state index in [1.54, 1.807) is 0 Å². The molecule has 0 radical (unpaired) electrons. The Balaban J connectivity index is 3.10. The highest BCUT2D eigenvalue weighted by molar-refractivity contribution is 7.90. The molecule has 1 rings (SSSR count). The van der Waals surface area contributed by atoms with Gasteiger partial charge in [0.25, 0.3) is 5.69 Å². The molecule has 0 bridgehead atoms. The molecule has 1 aromatic rings. The summed E-state index contributed by atoms with van der Waals surface area (Å²) in [5, 5.41) is 10.6. The maximum atomic E-state index is 11.5. The van der Waals surface area contributed by atoms with Crippen molar-refractivity contribution >= 4 is 33.2 Å². The molecule has 1 N–H and O–H groups in total. The molecule has 0 spiro atoms. The lowest BCUT2D eigenvalue weighted by Gasteiger charge is -2.13. The Labute approximate surface area is 103 Å². The predicted octanol–water partition coefficient (Wildman–Crippen LogP) is 1.47. The van der Waals surface area contributed by atoms with E-state index in [-0.39, 0.29) is 16.4 Å². The van der Waals surface area contributed by atoms with E-state index in [0.717, 1.165) is 10.4 Å². The largest absolute Gasteiger partial charge is 0.301 e. The third-order valence-electron chi connectivity index (χ3n) is 1.87. The van der Waals surface area contributed by atoms with Gasteiger partial charge in [-0.15, -0.1) is 0 Å². The van der Waals surface area contributed by atoms with E-state index in [1.165, 1.54) is 26.2 Å². The molecule has 0 aliphatic carbocycles. The fourth-order valence-electron chi connectivity index (χ4n) is 0.956. The van der Waals surface area contributed by atoms with Crippen LogP contribution in [0.5, 0.6) is 0 Å². The van der Waals surface area contributed by atoms with Crippen molar-refractivity contribution in [3.8, 4) is 0 Å². The Morgan fingerprint density at radius 2 is 2.00 bits per heavy atom. The summed E-state index contributed by atoms with van der Waals surface area (Å²) in [7, 11) is -1.01. The van der Waals surface area contributed by atoms with E-state index in [9.17, 15) is 18.5 Å². The average Bonchev–Trinajstić information content (AvgIpc) is 2.20. The van der Waals surface area contributed by atoms with Crippen LogP contribution in [0.2, 0.25) is 5.02 Å². The minimum absolute atomic E-state index is 0.0530. The number of nitro groups is 1. The molecule has 7 nitrogen and oxygen atoms in total. The number of anilines is 1. The van der Waals surface area contributed by atoms with Gasteiger partial charge in [0, 0.05) is 20.2 Å². The van der Waals surface area contributed by atoms with Crippen LogP contribution in [0.25, 0.3) is 0 Å². The molecule has 94 valence electrons. The quantitative estimate of drug-likeness (QED) is 0.667. The number of halogens is 1. The van der Waals surface area contributed by atoms with Gasteiger partial charge >= 0.3 is 10.2 Å². The van der Waals surface area contributed by atoms with E-state index in [4.69, 9.17) is 11.6 Å². The van der Waals surface area contributed by atoms with Crippen LogP contribution in [0, 0.1) is 10.1 Å². The summed E-state index contributed by atoms with van der Waals surface area (Å²) in [6.45, 7) is 0. The Kier molecular flexibility index (Phi) is 3.91. The monoisotopic (exact) mass is 279 g/mol. The lowest BCUT2D eigenvalue weighted by molar-refractivity contribution is -0.384. The summed E-state index contributed by atoms with van der Waals surface area (Å²) < 4.78 is 26.1. The highest BCUT2D eigenvalue weighted by Gasteiger charge is 2.17. The van der Waals surface area contributed by atoms with Crippen LogP contribution in [0.4, 0.5) is 11.4 Å². The SMILES string of the molecule is CN(C)S(=O)(=O)Nc1ccc(Cl)c([N+](=O)[O-])c1. The minimum Gasteiger partial charge on any atom is -0.271 e. The Hall–Kier alpha value is -1.38. The molecule has 0 saturated carbocycles. The number of benzene rings is 1. The van der Waals surface area contributed by atoms with Gasteiger partial charge in [-0.1, -0.05) is 11.6 Å². The molecule has 0 saturated heterocycles. The standard InChI is InChI=1S/C8H10ClN3O4S/c1-11(2)17(15,16)10-6-3-4-7(9)8(5-6)12(13)14/h3-5,10H,1-2H3. The van der Waals surface area contributed by atoms with E-state index in [2.05, 4.69) is 4.72 Å². The van der Waals surface area contributed by atoms with E-state index in [1.807, 2.05) is 0 Å². The summed E-state index contributed by atoms with van der Waals surface area (Å²) in [6, 6.07) is 3.66. The number of nitrogens with zero attached hydrogens (tertiary/aromatic N) is 2. The lowest BCUT2D eigenvalue weighted by atomic mass is 10.3. The van der Waals surface area contributed by atoms with E-state index < -0.39 is 15.1 Å². The van der Waals surface area contributed by atoms with Crippen molar-refractivity contribution in [2.75, 3.05) is 18.8 Å². The molecule has 0 fully saturated rings. The highest BCUT2D eigenvalue weighted by Crippen LogP contribution is 2.27. The molecule has 0 atom stereocenters. The van der Waals surface area contributed by atoms with Crippen molar-refractivity contribution in [1.29, 1.82) is 0 Å². The Bertz CT molecular complexity index is 544. The molecular weight excluding hydrogens is 270 g/mol. The predicted molar refractivity (Wildman–Crippen MR) is 64.3 cm³/mol. The normalized spacial score (nSPS) is 11.5. The fourth-order valence-corrected chi connectivity index (χ4v) is 1.75. The van der Waals surface area contributed by atoms with Crippen molar-refractivity contribution in [3.05, 3.63) is 33.3 Å². The van der Waals surface area contributed by atoms with Crippen molar-refractivity contribution in [2.24, 2.45) is 0 Å². The number of nitrogens with one attached hydrogen (secondary N) is 1. The smallest absolute Gasteiger partial charge is 0.271 e. The Morgan fingerprint density at radius 3 is 2.47 bits per heavy atom. The molecule has 9 heteroatoms. The third kappa shape index (κ3) is 3.29. The van der Waals surface area contributed by atoms with Crippen molar-refractivity contribution in [1.82, 2.24) is 4.31 Å².